The molecule has 0 spiro atoms. The Balaban J connectivity index is 1.46. The number of hydrogen-bond acceptors (Lipinski definition) is 3. The van der Waals surface area contributed by atoms with Crippen molar-refractivity contribution in [2.75, 3.05) is 13.6 Å². The molecule has 1 aromatic rings. The van der Waals surface area contributed by atoms with Crippen molar-refractivity contribution in [1.82, 2.24) is 10.2 Å². The normalized spacial score (nSPS) is 17.5. The third-order valence-electron chi connectivity index (χ3n) is 4.54. The minimum Gasteiger partial charge on any atom is -0.352 e. The molecule has 0 unspecified atom stereocenters. The van der Waals surface area contributed by atoms with Gasteiger partial charge in [0.25, 0.3) is 0 Å². The number of hydrogen-bond donors (Lipinski definition) is 1. The van der Waals surface area contributed by atoms with Crippen molar-refractivity contribution in [2.24, 2.45) is 11.8 Å². The predicted molar refractivity (Wildman–Crippen MR) is 84.9 cm³/mol. The van der Waals surface area contributed by atoms with E-state index in [1.807, 2.05) is 36.2 Å². The van der Waals surface area contributed by atoms with Crippen LogP contribution in [0.1, 0.15) is 36.8 Å². The molecule has 0 atom stereocenters. The summed E-state index contributed by atoms with van der Waals surface area (Å²) < 4.78 is 0. The van der Waals surface area contributed by atoms with Gasteiger partial charge in [-0.3, -0.25) is 9.69 Å². The van der Waals surface area contributed by atoms with E-state index in [9.17, 15) is 4.79 Å². The van der Waals surface area contributed by atoms with Crippen LogP contribution in [-0.2, 0) is 11.3 Å². The Bertz CT molecular complexity index is 555. The lowest BCUT2D eigenvalue weighted by molar-refractivity contribution is -0.123. The van der Waals surface area contributed by atoms with E-state index in [0.29, 0.717) is 18.2 Å². The first-order chi connectivity index (χ1) is 10.7. The molecular formula is C18H23N3O. The van der Waals surface area contributed by atoms with E-state index in [1.54, 1.807) is 0 Å². The monoisotopic (exact) mass is 297 g/mol. The van der Waals surface area contributed by atoms with Crippen molar-refractivity contribution < 1.29 is 4.79 Å². The highest BCUT2D eigenvalue weighted by Gasteiger charge is 2.42. The fraction of sp³-hybridized carbons (Fsp3) is 0.556. The van der Waals surface area contributed by atoms with Gasteiger partial charge in [0.15, 0.2) is 0 Å². The zero-order valence-corrected chi connectivity index (χ0v) is 13.1. The molecule has 2 saturated carbocycles. The largest absolute Gasteiger partial charge is 0.352 e. The van der Waals surface area contributed by atoms with Crippen LogP contribution in [0.25, 0.3) is 0 Å². The summed E-state index contributed by atoms with van der Waals surface area (Å²) in [4.78, 5) is 14.2. The maximum absolute atomic E-state index is 12.2. The summed E-state index contributed by atoms with van der Waals surface area (Å²) >= 11 is 0. The van der Waals surface area contributed by atoms with Crippen LogP contribution < -0.4 is 5.32 Å². The molecular weight excluding hydrogens is 274 g/mol. The number of nitrogens with one attached hydrogen (secondary N) is 1. The van der Waals surface area contributed by atoms with Crippen LogP contribution in [0.4, 0.5) is 0 Å². The molecule has 0 bridgehead atoms. The van der Waals surface area contributed by atoms with E-state index in [0.717, 1.165) is 23.9 Å². The van der Waals surface area contributed by atoms with E-state index in [1.165, 1.54) is 25.7 Å². The van der Waals surface area contributed by atoms with E-state index in [-0.39, 0.29) is 5.91 Å². The Hall–Kier alpha value is -1.86. The van der Waals surface area contributed by atoms with Crippen LogP contribution in [-0.4, -0.2) is 30.4 Å². The molecule has 0 saturated heterocycles. The summed E-state index contributed by atoms with van der Waals surface area (Å²) in [5, 5.41) is 12.1. The first-order valence-corrected chi connectivity index (χ1v) is 8.12. The Morgan fingerprint density at radius 3 is 2.36 bits per heavy atom. The molecule has 1 amide bonds. The van der Waals surface area contributed by atoms with Crippen molar-refractivity contribution in [3.05, 3.63) is 35.4 Å². The molecule has 116 valence electrons. The number of nitrogens with zero attached hydrogens (tertiary/aromatic N) is 2. The molecule has 2 aliphatic rings. The van der Waals surface area contributed by atoms with Gasteiger partial charge < -0.3 is 5.32 Å². The first kappa shape index (κ1) is 15.1. The molecule has 0 heterocycles. The van der Waals surface area contributed by atoms with Crippen molar-refractivity contribution in [2.45, 2.75) is 38.3 Å². The third kappa shape index (κ3) is 4.08. The smallest absolute Gasteiger partial charge is 0.234 e. The van der Waals surface area contributed by atoms with Crippen LogP contribution in [0.3, 0.4) is 0 Å². The van der Waals surface area contributed by atoms with E-state index in [2.05, 4.69) is 11.4 Å². The average molecular weight is 297 g/mol. The third-order valence-corrected chi connectivity index (χ3v) is 4.54. The fourth-order valence-corrected chi connectivity index (χ4v) is 3.06. The standard InChI is InChI=1S/C18H23N3O/c1-21(11-14-4-2-13(10-19)3-5-14)12-17(22)20-18(15-6-7-15)16-8-9-16/h2-5,15-16,18H,6-9,11-12H2,1H3,(H,20,22). The summed E-state index contributed by atoms with van der Waals surface area (Å²) in [5.74, 6) is 1.61. The van der Waals surface area contributed by atoms with Gasteiger partial charge in [0.1, 0.15) is 0 Å². The SMILES string of the molecule is CN(CC(=O)NC(C1CC1)C1CC1)Cc1ccc(C#N)cc1. The zero-order valence-electron chi connectivity index (χ0n) is 13.1. The highest BCUT2D eigenvalue weighted by Crippen LogP contribution is 2.44. The Morgan fingerprint density at radius 2 is 1.86 bits per heavy atom. The van der Waals surface area contributed by atoms with Gasteiger partial charge in [0, 0.05) is 12.6 Å². The Kier molecular flexibility index (Phi) is 4.44. The second-order valence-electron chi connectivity index (χ2n) is 6.75. The van der Waals surface area contributed by atoms with Gasteiger partial charge in [-0.1, -0.05) is 12.1 Å². The predicted octanol–water partition coefficient (Wildman–Crippen LogP) is 2.29. The van der Waals surface area contributed by atoms with Crippen LogP contribution >= 0.6 is 0 Å². The van der Waals surface area contributed by atoms with Gasteiger partial charge in [-0.15, -0.1) is 0 Å². The number of carbonyl (C=O) groups is 1. The lowest BCUT2D eigenvalue weighted by atomic mass is 10.1. The second-order valence-corrected chi connectivity index (χ2v) is 6.75. The van der Waals surface area contributed by atoms with Crippen LogP contribution in [0.15, 0.2) is 24.3 Å². The van der Waals surface area contributed by atoms with E-state index < -0.39 is 0 Å². The summed E-state index contributed by atoms with van der Waals surface area (Å²) in [5.41, 5.74) is 1.79. The molecule has 0 aliphatic heterocycles. The van der Waals surface area contributed by atoms with E-state index in [4.69, 9.17) is 5.26 Å². The van der Waals surface area contributed by atoms with Crippen molar-refractivity contribution in [3.63, 3.8) is 0 Å². The molecule has 4 heteroatoms. The number of nitriles is 1. The van der Waals surface area contributed by atoms with Gasteiger partial charge in [-0.2, -0.15) is 5.26 Å². The number of benzene rings is 1. The molecule has 0 aromatic heterocycles. The van der Waals surface area contributed by atoms with E-state index >= 15 is 0 Å². The number of likely N-dealkylation sites (N-methyl/N-ethyl adjacent to an activating group) is 1. The lowest BCUT2D eigenvalue weighted by Crippen LogP contribution is -2.43. The number of rotatable bonds is 7. The molecule has 22 heavy (non-hydrogen) atoms. The van der Waals surface area contributed by atoms with Gasteiger partial charge >= 0.3 is 0 Å². The van der Waals surface area contributed by atoms with Gasteiger partial charge in [-0.25, -0.2) is 0 Å². The topological polar surface area (TPSA) is 56.1 Å². The average Bonchev–Trinajstić information content (AvgIpc) is 3.39. The summed E-state index contributed by atoms with van der Waals surface area (Å²) in [6.07, 6.45) is 5.12. The fourth-order valence-electron chi connectivity index (χ4n) is 3.06. The molecule has 2 aliphatic carbocycles. The van der Waals surface area contributed by atoms with Crippen LogP contribution in [0.2, 0.25) is 0 Å². The van der Waals surface area contributed by atoms with Gasteiger partial charge in [-0.05, 0) is 62.3 Å². The molecule has 2 fully saturated rings. The Labute approximate surface area is 132 Å². The summed E-state index contributed by atoms with van der Waals surface area (Å²) in [6.45, 7) is 1.15. The minimum absolute atomic E-state index is 0.139. The Morgan fingerprint density at radius 1 is 1.27 bits per heavy atom. The maximum Gasteiger partial charge on any atom is 0.234 e. The maximum atomic E-state index is 12.2. The van der Waals surface area contributed by atoms with Crippen LogP contribution in [0, 0.1) is 23.2 Å². The molecule has 4 nitrogen and oxygen atoms in total. The molecule has 1 N–H and O–H groups in total. The van der Waals surface area contributed by atoms with Gasteiger partial charge in [0.2, 0.25) is 5.91 Å². The van der Waals surface area contributed by atoms with Crippen molar-refractivity contribution in [1.29, 1.82) is 5.26 Å². The number of amides is 1. The summed E-state index contributed by atoms with van der Waals surface area (Å²) in [7, 11) is 1.96. The zero-order chi connectivity index (χ0) is 15.5. The molecule has 0 radical (unpaired) electrons. The van der Waals surface area contributed by atoms with Crippen molar-refractivity contribution >= 4 is 5.91 Å². The quantitative estimate of drug-likeness (QED) is 0.840. The molecule has 1 aromatic carbocycles. The second kappa shape index (κ2) is 6.50. The van der Waals surface area contributed by atoms with Crippen LogP contribution in [0.5, 0.6) is 0 Å². The highest BCUT2D eigenvalue weighted by atomic mass is 16.2. The first-order valence-electron chi connectivity index (χ1n) is 8.12. The lowest BCUT2D eigenvalue weighted by Gasteiger charge is -2.21. The number of carbonyl (C=O) groups excluding carboxylic acids is 1. The minimum atomic E-state index is 0.139. The van der Waals surface area contributed by atoms with Gasteiger partial charge in [0.05, 0.1) is 18.2 Å². The highest BCUT2D eigenvalue weighted by molar-refractivity contribution is 5.78. The molecule has 3 rings (SSSR count). The van der Waals surface area contributed by atoms with Crippen molar-refractivity contribution in [3.8, 4) is 6.07 Å². The summed E-state index contributed by atoms with van der Waals surface area (Å²) in [6, 6.07) is 10.1.